The van der Waals surface area contributed by atoms with E-state index in [9.17, 15) is 4.79 Å². The van der Waals surface area contributed by atoms with Crippen LogP contribution in [-0.2, 0) is 6.54 Å². The Morgan fingerprint density at radius 2 is 1.71 bits per heavy atom. The van der Waals surface area contributed by atoms with Crippen molar-refractivity contribution < 1.29 is 14.2 Å². The standard InChI is InChI=1S/C22H21N5O4/c1-29-18-10-20(31-3)19(30-2)9-16(18)11-24-27-14-23-21-17(22(27)28)12-25-26(21)13-15-7-5-4-6-8-15/h4-12,14H,13H2,1-3H3/b24-11+. The molecule has 4 rings (SSSR count). The summed E-state index contributed by atoms with van der Waals surface area (Å²) in [7, 11) is 4.63. The van der Waals surface area contributed by atoms with Gasteiger partial charge < -0.3 is 14.2 Å². The molecular weight excluding hydrogens is 398 g/mol. The lowest BCUT2D eigenvalue weighted by Crippen LogP contribution is -2.17. The normalized spacial score (nSPS) is 11.2. The lowest BCUT2D eigenvalue weighted by Gasteiger charge is -2.11. The van der Waals surface area contributed by atoms with Gasteiger partial charge in [-0.05, 0) is 11.6 Å². The highest BCUT2D eigenvalue weighted by atomic mass is 16.5. The summed E-state index contributed by atoms with van der Waals surface area (Å²) in [6, 6.07) is 13.3. The van der Waals surface area contributed by atoms with Gasteiger partial charge in [-0.25, -0.2) is 9.67 Å². The number of ether oxygens (including phenoxy) is 3. The number of benzene rings is 2. The van der Waals surface area contributed by atoms with Gasteiger partial charge in [0.2, 0.25) is 0 Å². The molecule has 0 aliphatic rings. The molecule has 0 aliphatic carbocycles. The van der Waals surface area contributed by atoms with Gasteiger partial charge in [0.15, 0.2) is 17.1 Å². The monoisotopic (exact) mass is 419 g/mol. The van der Waals surface area contributed by atoms with Crippen molar-refractivity contribution in [1.82, 2.24) is 19.4 Å². The van der Waals surface area contributed by atoms with E-state index in [0.29, 0.717) is 40.4 Å². The molecule has 0 saturated carbocycles. The molecule has 0 fully saturated rings. The topological polar surface area (TPSA) is 92.8 Å². The van der Waals surface area contributed by atoms with Crippen molar-refractivity contribution >= 4 is 17.2 Å². The van der Waals surface area contributed by atoms with Crippen LogP contribution in [0.2, 0.25) is 0 Å². The maximum Gasteiger partial charge on any atom is 0.285 e. The van der Waals surface area contributed by atoms with Crippen molar-refractivity contribution in [2.45, 2.75) is 6.54 Å². The lowest BCUT2D eigenvalue weighted by atomic mass is 10.2. The molecule has 0 atom stereocenters. The molecule has 2 heterocycles. The molecule has 4 aromatic rings. The Hall–Kier alpha value is -4.14. The number of methoxy groups -OCH3 is 3. The van der Waals surface area contributed by atoms with Gasteiger partial charge in [-0.15, -0.1) is 0 Å². The molecule has 0 N–H and O–H groups in total. The molecule has 2 aromatic heterocycles. The Bertz CT molecular complexity index is 1290. The van der Waals surface area contributed by atoms with Crippen LogP contribution < -0.4 is 19.8 Å². The summed E-state index contributed by atoms with van der Waals surface area (Å²) in [5.41, 5.74) is 1.87. The average molecular weight is 419 g/mol. The minimum absolute atomic E-state index is 0.319. The van der Waals surface area contributed by atoms with Crippen LogP contribution in [0, 0.1) is 0 Å². The van der Waals surface area contributed by atoms with Gasteiger partial charge >= 0.3 is 0 Å². The van der Waals surface area contributed by atoms with E-state index in [1.807, 2.05) is 30.3 Å². The van der Waals surface area contributed by atoms with Crippen molar-refractivity contribution in [1.29, 1.82) is 0 Å². The molecule has 0 saturated heterocycles. The maximum atomic E-state index is 12.9. The molecule has 0 unspecified atom stereocenters. The third-order valence-electron chi connectivity index (χ3n) is 4.77. The Labute approximate surface area is 178 Å². The van der Waals surface area contributed by atoms with Crippen LogP contribution >= 0.6 is 0 Å². The molecule has 2 aromatic carbocycles. The molecule has 0 amide bonds. The summed E-state index contributed by atoms with van der Waals surface area (Å²) < 4.78 is 18.9. The van der Waals surface area contributed by atoms with E-state index in [4.69, 9.17) is 14.2 Å². The summed E-state index contributed by atoms with van der Waals surface area (Å²) in [5, 5.41) is 8.96. The SMILES string of the molecule is COc1cc(OC)c(OC)cc1/C=N/n1cnc2c(cnn2Cc2ccccc2)c1=O. The second-order valence-corrected chi connectivity index (χ2v) is 6.61. The van der Waals surface area contributed by atoms with E-state index >= 15 is 0 Å². The van der Waals surface area contributed by atoms with Crippen LogP contribution in [0.15, 0.2) is 64.9 Å². The number of hydrogen-bond acceptors (Lipinski definition) is 7. The second kappa shape index (κ2) is 8.70. The number of hydrogen-bond donors (Lipinski definition) is 0. The van der Waals surface area contributed by atoms with Crippen molar-refractivity contribution in [2.75, 3.05) is 21.3 Å². The predicted octanol–water partition coefficient (Wildman–Crippen LogP) is 2.55. The highest BCUT2D eigenvalue weighted by molar-refractivity contribution is 5.85. The first-order valence-electron chi connectivity index (χ1n) is 9.46. The van der Waals surface area contributed by atoms with Crippen LogP contribution in [0.3, 0.4) is 0 Å². The minimum atomic E-state index is -0.319. The fraction of sp³-hybridized carbons (Fsp3) is 0.182. The Morgan fingerprint density at radius 3 is 2.42 bits per heavy atom. The van der Waals surface area contributed by atoms with E-state index in [-0.39, 0.29) is 5.56 Å². The van der Waals surface area contributed by atoms with Crippen molar-refractivity contribution in [2.24, 2.45) is 5.10 Å². The molecule has 9 nitrogen and oxygen atoms in total. The molecule has 0 bridgehead atoms. The van der Waals surface area contributed by atoms with Crippen LogP contribution in [0.4, 0.5) is 0 Å². The number of aromatic nitrogens is 4. The Morgan fingerprint density at radius 1 is 1.00 bits per heavy atom. The molecule has 158 valence electrons. The fourth-order valence-corrected chi connectivity index (χ4v) is 3.18. The van der Waals surface area contributed by atoms with Gasteiger partial charge in [0.25, 0.3) is 5.56 Å². The summed E-state index contributed by atoms with van der Waals surface area (Å²) >= 11 is 0. The summed E-state index contributed by atoms with van der Waals surface area (Å²) in [4.78, 5) is 17.3. The van der Waals surface area contributed by atoms with Gasteiger partial charge in [-0.3, -0.25) is 4.79 Å². The van der Waals surface area contributed by atoms with Crippen LogP contribution in [0.5, 0.6) is 17.2 Å². The third kappa shape index (κ3) is 3.97. The molecule has 0 radical (unpaired) electrons. The van der Waals surface area contributed by atoms with Gasteiger partial charge in [-0.2, -0.15) is 14.9 Å². The van der Waals surface area contributed by atoms with Crippen LogP contribution in [0.25, 0.3) is 11.0 Å². The van der Waals surface area contributed by atoms with Crippen molar-refractivity contribution in [3.8, 4) is 17.2 Å². The van der Waals surface area contributed by atoms with Crippen molar-refractivity contribution in [3.05, 3.63) is 76.5 Å². The van der Waals surface area contributed by atoms with Crippen molar-refractivity contribution in [3.63, 3.8) is 0 Å². The first-order chi connectivity index (χ1) is 15.1. The van der Waals surface area contributed by atoms with Gasteiger partial charge in [0.05, 0.1) is 40.3 Å². The molecule has 0 aliphatic heterocycles. The first-order valence-corrected chi connectivity index (χ1v) is 9.46. The largest absolute Gasteiger partial charge is 0.496 e. The zero-order valence-corrected chi connectivity index (χ0v) is 17.3. The number of nitrogens with zero attached hydrogens (tertiary/aromatic N) is 5. The van der Waals surface area contributed by atoms with Gasteiger partial charge in [0, 0.05) is 11.6 Å². The second-order valence-electron chi connectivity index (χ2n) is 6.61. The molecular formula is C22H21N5O4. The Kier molecular flexibility index (Phi) is 5.65. The summed E-state index contributed by atoms with van der Waals surface area (Å²) in [6.07, 6.45) is 4.39. The van der Waals surface area contributed by atoms with Crippen LogP contribution in [0.1, 0.15) is 11.1 Å². The van der Waals surface area contributed by atoms with E-state index < -0.39 is 0 Å². The summed E-state index contributed by atoms with van der Waals surface area (Å²) in [5.74, 6) is 1.58. The van der Waals surface area contributed by atoms with E-state index in [1.54, 1.807) is 38.1 Å². The van der Waals surface area contributed by atoms with E-state index in [2.05, 4.69) is 15.2 Å². The molecule has 0 spiro atoms. The molecule has 9 heteroatoms. The minimum Gasteiger partial charge on any atom is -0.496 e. The average Bonchev–Trinajstić information content (AvgIpc) is 3.22. The highest BCUT2D eigenvalue weighted by Crippen LogP contribution is 2.33. The third-order valence-corrected chi connectivity index (χ3v) is 4.77. The zero-order valence-electron chi connectivity index (χ0n) is 17.3. The predicted molar refractivity (Wildman–Crippen MR) is 116 cm³/mol. The zero-order chi connectivity index (χ0) is 21.8. The van der Waals surface area contributed by atoms with Gasteiger partial charge in [0.1, 0.15) is 17.5 Å². The fourth-order valence-electron chi connectivity index (χ4n) is 3.18. The first kappa shape index (κ1) is 20.1. The van der Waals surface area contributed by atoms with E-state index in [0.717, 1.165) is 10.2 Å². The van der Waals surface area contributed by atoms with Crippen LogP contribution in [-0.4, -0.2) is 47.0 Å². The number of fused-ring (bicyclic) bond motifs is 1. The smallest absolute Gasteiger partial charge is 0.285 e. The number of rotatable bonds is 7. The highest BCUT2D eigenvalue weighted by Gasteiger charge is 2.12. The van der Waals surface area contributed by atoms with Gasteiger partial charge in [-0.1, -0.05) is 30.3 Å². The lowest BCUT2D eigenvalue weighted by molar-refractivity contribution is 0.349. The van der Waals surface area contributed by atoms with E-state index in [1.165, 1.54) is 18.7 Å². The Balaban J connectivity index is 1.68. The quantitative estimate of drug-likeness (QED) is 0.428. The summed E-state index contributed by atoms with van der Waals surface area (Å²) in [6.45, 7) is 0.521. The maximum absolute atomic E-state index is 12.9. The molecule has 31 heavy (non-hydrogen) atoms.